The predicted octanol–water partition coefficient (Wildman–Crippen LogP) is 3.75. The maximum Gasteiger partial charge on any atom is 0.270 e. The third kappa shape index (κ3) is 5.45. The van der Waals surface area contributed by atoms with E-state index in [-0.39, 0.29) is 30.7 Å². The van der Waals surface area contributed by atoms with Gasteiger partial charge in [0.1, 0.15) is 5.69 Å². The molecule has 0 unspecified atom stereocenters. The highest BCUT2D eigenvalue weighted by molar-refractivity contribution is 7.09. The molecule has 25 heavy (non-hydrogen) atoms. The Morgan fingerprint density at radius 1 is 1.40 bits per heavy atom. The van der Waals surface area contributed by atoms with Crippen LogP contribution in [-0.2, 0) is 0 Å². The van der Waals surface area contributed by atoms with E-state index >= 15 is 0 Å². The minimum atomic E-state index is 0. The fraction of sp³-hybridized carbons (Fsp3) is 0.529. The van der Waals surface area contributed by atoms with Crippen molar-refractivity contribution in [1.82, 2.24) is 20.2 Å². The SMILES string of the molecule is CNCCC1CCN(C(=O)c2cc(-c3csc(C)n3)c[nH]2)CC1.Cl.Cl. The van der Waals surface area contributed by atoms with Gasteiger partial charge in [0.2, 0.25) is 0 Å². The summed E-state index contributed by atoms with van der Waals surface area (Å²) < 4.78 is 0. The predicted molar refractivity (Wildman–Crippen MR) is 108 cm³/mol. The van der Waals surface area contributed by atoms with Crippen molar-refractivity contribution in [3.8, 4) is 11.3 Å². The number of carbonyl (C=O) groups excluding carboxylic acids is 1. The number of nitrogens with zero attached hydrogens (tertiary/aromatic N) is 2. The normalized spacial score (nSPS) is 14.7. The van der Waals surface area contributed by atoms with Crippen molar-refractivity contribution in [1.29, 1.82) is 0 Å². The third-order valence-corrected chi connectivity index (χ3v) is 5.31. The van der Waals surface area contributed by atoms with Crippen LogP contribution in [0.15, 0.2) is 17.6 Å². The van der Waals surface area contributed by atoms with Crippen LogP contribution in [0.3, 0.4) is 0 Å². The number of aromatic nitrogens is 2. The molecule has 0 aromatic carbocycles. The number of likely N-dealkylation sites (tertiary alicyclic amines) is 1. The zero-order chi connectivity index (χ0) is 16.2. The molecule has 2 aromatic rings. The average molecular weight is 405 g/mol. The standard InChI is InChI=1S/C17H24N4OS.2ClH/c1-12-20-16(11-23-12)14-9-15(19-10-14)17(22)21-7-4-13(5-8-21)3-6-18-2;;/h9-11,13,18-19H,3-8H2,1-2H3;2*1H. The quantitative estimate of drug-likeness (QED) is 0.797. The lowest BCUT2D eigenvalue weighted by Gasteiger charge is -2.31. The molecule has 3 rings (SSSR count). The number of hydrogen-bond donors (Lipinski definition) is 2. The smallest absolute Gasteiger partial charge is 0.270 e. The number of amides is 1. The van der Waals surface area contributed by atoms with Gasteiger partial charge in [0.25, 0.3) is 5.91 Å². The Labute approximate surface area is 165 Å². The van der Waals surface area contributed by atoms with E-state index in [0.717, 1.165) is 54.7 Å². The lowest BCUT2D eigenvalue weighted by atomic mass is 9.93. The van der Waals surface area contributed by atoms with Crippen LogP contribution in [0.5, 0.6) is 0 Å². The van der Waals surface area contributed by atoms with E-state index in [4.69, 9.17) is 0 Å². The molecule has 140 valence electrons. The van der Waals surface area contributed by atoms with E-state index in [0.29, 0.717) is 5.69 Å². The van der Waals surface area contributed by atoms with Crippen LogP contribution >= 0.6 is 36.2 Å². The molecule has 1 aliphatic heterocycles. The highest BCUT2D eigenvalue weighted by Gasteiger charge is 2.24. The summed E-state index contributed by atoms with van der Waals surface area (Å²) in [6.45, 7) is 4.77. The number of nitrogens with one attached hydrogen (secondary N) is 2. The third-order valence-electron chi connectivity index (χ3n) is 4.53. The van der Waals surface area contributed by atoms with E-state index in [9.17, 15) is 4.79 Å². The highest BCUT2D eigenvalue weighted by Crippen LogP contribution is 2.24. The highest BCUT2D eigenvalue weighted by atomic mass is 35.5. The zero-order valence-electron chi connectivity index (χ0n) is 14.6. The Bertz CT molecular complexity index is 665. The van der Waals surface area contributed by atoms with E-state index in [1.807, 2.05) is 36.5 Å². The van der Waals surface area contributed by atoms with Gasteiger partial charge in [-0.15, -0.1) is 36.2 Å². The Kier molecular flexibility index (Phi) is 8.93. The number of piperidine rings is 1. The minimum absolute atomic E-state index is 0. The fourth-order valence-corrected chi connectivity index (χ4v) is 3.73. The van der Waals surface area contributed by atoms with Gasteiger partial charge in [-0.25, -0.2) is 4.98 Å². The Hall–Kier alpha value is -1.08. The van der Waals surface area contributed by atoms with Crippen molar-refractivity contribution in [3.05, 3.63) is 28.3 Å². The second-order valence-corrected chi connectivity index (χ2v) is 7.24. The monoisotopic (exact) mass is 404 g/mol. The van der Waals surface area contributed by atoms with Crippen LogP contribution in [0.1, 0.15) is 34.8 Å². The molecular weight excluding hydrogens is 379 g/mol. The van der Waals surface area contributed by atoms with E-state index in [2.05, 4.69) is 15.3 Å². The molecule has 0 radical (unpaired) electrons. The van der Waals surface area contributed by atoms with E-state index < -0.39 is 0 Å². The summed E-state index contributed by atoms with van der Waals surface area (Å²) in [6, 6.07) is 1.92. The summed E-state index contributed by atoms with van der Waals surface area (Å²) in [5.74, 6) is 0.846. The summed E-state index contributed by atoms with van der Waals surface area (Å²) in [5, 5.41) is 6.27. The number of rotatable bonds is 5. The van der Waals surface area contributed by atoms with Crippen molar-refractivity contribution >= 4 is 42.1 Å². The number of thiazole rings is 1. The summed E-state index contributed by atoms with van der Waals surface area (Å²) >= 11 is 1.63. The number of aryl methyl sites for hydroxylation is 1. The first-order valence-corrected chi connectivity index (χ1v) is 9.10. The molecular formula is C17H26Cl2N4OS. The molecule has 0 spiro atoms. The Morgan fingerprint density at radius 2 is 2.12 bits per heavy atom. The molecule has 0 aliphatic carbocycles. The number of hydrogen-bond acceptors (Lipinski definition) is 4. The molecule has 0 atom stereocenters. The van der Waals surface area contributed by atoms with Crippen LogP contribution in [-0.4, -0.2) is 47.5 Å². The molecule has 1 amide bonds. The Balaban J connectivity index is 0.00000156. The van der Waals surface area contributed by atoms with Gasteiger partial charge in [0.05, 0.1) is 10.7 Å². The molecule has 5 nitrogen and oxygen atoms in total. The van der Waals surface area contributed by atoms with Gasteiger partial charge in [-0.1, -0.05) is 0 Å². The van der Waals surface area contributed by atoms with Gasteiger partial charge < -0.3 is 15.2 Å². The molecule has 1 saturated heterocycles. The first-order valence-electron chi connectivity index (χ1n) is 8.22. The number of halogens is 2. The summed E-state index contributed by atoms with van der Waals surface area (Å²) in [4.78, 5) is 22.2. The molecule has 8 heteroatoms. The molecule has 3 heterocycles. The van der Waals surface area contributed by atoms with Crippen LogP contribution in [0, 0.1) is 12.8 Å². The van der Waals surface area contributed by atoms with Gasteiger partial charge in [-0.2, -0.15) is 0 Å². The first-order chi connectivity index (χ1) is 11.2. The zero-order valence-corrected chi connectivity index (χ0v) is 17.0. The fourth-order valence-electron chi connectivity index (χ4n) is 3.11. The molecule has 2 N–H and O–H groups in total. The maximum atomic E-state index is 12.6. The van der Waals surface area contributed by atoms with Gasteiger partial charge in [0.15, 0.2) is 0 Å². The van der Waals surface area contributed by atoms with Crippen molar-refractivity contribution in [3.63, 3.8) is 0 Å². The van der Waals surface area contributed by atoms with Crippen LogP contribution in [0.2, 0.25) is 0 Å². The molecule has 2 aromatic heterocycles. The van der Waals surface area contributed by atoms with Crippen LogP contribution in [0.4, 0.5) is 0 Å². The minimum Gasteiger partial charge on any atom is -0.357 e. The topological polar surface area (TPSA) is 61.0 Å². The lowest BCUT2D eigenvalue weighted by Crippen LogP contribution is -2.39. The second-order valence-electron chi connectivity index (χ2n) is 6.18. The maximum absolute atomic E-state index is 12.6. The van der Waals surface area contributed by atoms with Gasteiger partial charge >= 0.3 is 0 Å². The molecule has 0 bridgehead atoms. The number of aromatic amines is 1. The van der Waals surface area contributed by atoms with Gasteiger partial charge in [0, 0.05) is 30.2 Å². The average Bonchev–Trinajstić information content (AvgIpc) is 3.21. The Morgan fingerprint density at radius 3 is 2.72 bits per heavy atom. The van der Waals surface area contributed by atoms with Crippen molar-refractivity contribution < 1.29 is 4.79 Å². The number of H-pyrrole nitrogens is 1. The van der Waals surface area contributed by atoms with Crippen LogP contribution < -0.4 is 5.32 Å². The summed E-state index contributed by atoms with van der Waals surface area (Å²) in [7, 11) is 1.99. The first kappa shape index (κ1) is 22.0. The summed E-state index contributed by atoms with van der Waals surface area (Å²) in [6.07, 6.45) is 5.29. The number of carbonyl (C=O) groups is 1. The van der Waals surface area contributed by atoms with Gasteiger partial charge in [-0.3, -0.25) is 4.79 Å². The van der Waals surface area contributed by atoms with Crippen molar-refractivity contribution in [2.24, 2.45) is 5.92 Å². The molecule has 1 fully saturated rings. The van der Waals surface area contributed by atoms with Crippen molar-refractivity contribution in [2.45, 2.75) is 26.2 Å². The second kappa shape index (κ2) is 10.2. The van der Waals surface area contributed by atoms with Gasteiger partial charge in [-0.05, 0) is 51.8 Å². The van der Waals surface area contributed by atoms with E-state index in [1.165, 1.54) is 6.42 Å². The lowest BCUT2D eigenvalue weighted by molar-refractivity contribution is 0.0682. The summed E-state index contributed by atoms with van der Waals surface area (Å²) in [5.41, 5.74) is 2.59. The van der Waals surface area contributed by atoms with E-state index in [1.54, 1.807) is 11.3 Å². The largest absolute Gasteiger partial charge is 0.357 e. The van der Waals surface area contributed by atoms with Crippen molar-refractivity contribution in [2.75, 3.05) is 26.7 Å². The molecule has 0 saturated carbocycles. The van der Waals surface area contributed by atoms with Crippen LogP contribution in [0.25, 0.3) is 11.3 Å². The molecule has 1 aliphatic rings.